The Hall–Kier alpha value is -2.12. The van der Waals surface area contributed by atoms with Crippen LogP contribution in [0.5, 0.6) is 0 Å². The van der Waals surface area contributed by atoms with Gasteiger partial charge in [-0.2, -0.15) is 5.26 Å². The monoisotopic (exact) mass is 383 g/mol. The third-order valence-electron chi connectivity index (χ3n) is 5.31. The highest BCUT2D eigenvalue weighted by Gasteiger charge is 2.18. The molecule has 1 amide bonds. The summed E-state index contributed by atoms with van der Waals surface area (Å²) in [6.45, 7) is 0. The second kappa shape index (κ2) is 9.71. The number of rotatable bonds is 7. The van der Waals surface area contributed by atoms with Crippen LogP contribution in [-0.2, 0) is 11.2 Å². The van der Waals surface area contributed by atoms with Crippen molar-refractivity contribution in [2.75, 3.05) is 5.32 Å². The topological polar surface area (TPSA) is 65.8 Å². The van der Waals surface area contributed by atoms with Gasteiger partial charge in [-0.1, -0.05) is 30.9 Å². The Bertz CT molecular complexity index is 837. The number of carbonyl (C=O) groups excluding carboxylic acids is 1. The maximum absolute atomic E-state index is 12.5. The van der Waals surface area contributed by atoms with Crippen molar-refractivity contribution >= 4 is 34.1 Å². The van der Waals surface area contributed by atoms with Gasteiger partial charge in [0.15, 0.2) is 0 Å². The molecule has 3 rings (SSSR count). The smallest absolute Gasteiger partial charge is 0.224 e. The first kappa shape index (κ1) is 19.6. The largest absolute Gasteiger partial charge is 0.324 e. The number of nitrogens with zero attached hydrogens (tertiary/aromatic N) is 2. The van der Waals surface area contributed by atoms with Crippen LogP contribution in [0.3, 0.4) is 0 Å². The van der Waals surface area contributed by atoms with Gasteiger partial charge in [0.2, 0.25) is 5.91 Å². The molecule has 1 heterocycles. The molecule has 1 aliphatic rings. The molecule has 1 N–H and O–H groups in total. The van der Waals surface area contributed by atoms with Gasteiger partial charge in [0.1, 0.15) is 0 Å². The number of fused-ring (bicyclic) bond motifs is 1. The fraction of sp³-hybridized carbons (Fsp3) is 0.500. The number of nitriles is 1. The number of amides is 1. The molecular formula is C22H26ClN3O. The van der Waals surface area contributed by atoms with Gasteiger partial charge >= 0.3 is 0 Å². The second-order valence-electron chi connectivity index (χ2n) is 7.41. The Balaban J connectivity index is 1.71. The van der Waals surface area contributed by atoms with E-state index in [1.807, 2.05) is 18.2 Å². The molecule has 4 nitrogen and oxygen atoms in total. The summed E-state index contributed by atoms with van der Waals surface area (Å²) in [5.74, 6) is 0.530. The third kappa shape index (κ3) is 5.43. The molecule has 1 aromatic carbocycles. The van der Waals surface area contributed by atoms with Crippen LogP contribution < -0.4 is 5.32 Å². The summed E-state index contributed by atoms with van der Waals surface area (Å²) in [6, 6.07) is 9.84. The lowest BCUT2D eigenvalue weighted by molar-refractivity contribution is -0.117. The molecule has 1 aromatic heterocycles. The Morgan fingerprint density at radius 3 is 2.78 bits per heavy atom. The van der Waals surface area contributed by atoms with Gasteiger partial charge in [-0.25, -0.2) is 0 Å². The zero-order valence-corrected chi connectivity index (χ0v) is 16.4. The van der Waals surface area contributed by atoms with Crippen LogP contribution in [0.2, 0.25) is 5.02 Å². The van der Waals surface area contributed by atoms with Crippen molar-refractivity contribution in [3.63, 3.8) is 0 Å². The summed E-state index contributed by atoms with van der Waals surface area (Å²) >= 11 is 6.38. The van der Waals surface area contributed by atoms with Crippen molar-refractivity contribution in [2.24, 2.45) is 5.92 Å². The maximum Gasteiger partial charge on any atom is 0.224 e. The predicted molar refractivity (Wildman–Crippen MR) is 110 cm³/mol. The van der Waals surface area contributed by atoms with Crippen molar-refractivity contribution < 1.29 is 4.79 Å². The molecule has 0 saturated heterocycles. The standard InChI is InChI=1S/C22H26ClN3O/c23-19-12-13-20-18(11-10-17(25-20)9-5-2-6-14-24)22(19)26-21(27)15-16-7-3-1-4-8-16/h10-13,16H,1-9,15H2,(H,26,27). The van der Waals surface area contributed by atoms with E-state index in [0.29, 0.717) is 29.5 Å². The van der Waals surface area contributed by atoms with Crippen molar-refractivity contribution in [2.45, 2.75) is 64.2 Å². The van der Waals surface area contributed by atoms with E-state index < -0.39 is 0 Å². The van der Waals surface area contributed by atoms with Gasteiger partial charge in [-0.3, -0.25) is 9.78 Å². The lowest BCUT2D eigenvalue weighted by atomic mass is 9.87. The molecule has 1 aliphatic carbocycles. The minimum Gasteiger partial charge on any atom is -0.324 e. The minimum atomic E-state index is 0.0388. The molecule has 1 saturated carbocycles. The van der Waals surface area contributed by atoms with Crippen molar-refractivity contribution in [3.8, 4) is 6.07 Å². The minimum absolute atomic E-state index is 0.0388. The molecule has 0 unspecified atom stereocenters. The van der Waals surface area contributed by atoms with Crippen LogP contribution in [0.4, 0.5) is 5.69 Å². The van der Waals surface area contributed by atoms with Gasteiger partial charge in [-0.05, 0) is 62.3 Å². The number of nitrogens with one attached hydrogen (secondary N) is 1. The Labute approximate surface area is 165 Å². The molecule has 0 spiro atoms. The number of aryl methyl sites for hydroxylation is 1. The van der Waals surface area contributed by atoms with E-state index in [1.54, 1.807) is 6.07 Å². The van der Waals surface area contributed by atoms with E-state index in [0.717, 1.165) is 48.7 Å². The first-order valence-corrected chi connectivity index (χ1v) is 10.3. The van der Waals surface area contributed by atoms with E-state index in [4.69, 9.17) is 21.8 Å². The number of carbonyl (C=O) groups is 1. The number of halogens is 1. The predicted octanol–water partition coefficient (Wildman–Crippen LogP) is 6.03. The summed E-state index contributed by atoms with van der Waals surface area (Å²) in [5, 5.41) is 13.1. The number of aromatic nitrogens is 1. The summed E-state index contributed by atoms with van der Waals surface area (Å²) < 4.78 is 0. The molecule has 0 atom stereocenters. The molecule has 1 fully saturated rings. The first-order chi connectivity index (χ1) is 13.2. The highest BCUT2D eigenvalue weighted by molar-refractivity contribution is 6.35. The number of hydrogen-bond acceptors (Lipinski definition) is 3. The Morgan fingerprint density at radius 1 is 1.19 bits per heavy atom. The normalized spacial score (nSPS) is 14.8. The van der Waals surface area contributed by atoms with Gasteiger partial charge in [-0.15, -0.1) is 0 Å². The van der Waals surface area contributed by atoms with Crippen molar-refractivity contribution in [1.82, 2.24) is 4.98 Å². The molecule has 0 radical (unpaired) electrons. The van der Waals surface area contributed by atoms with Gasteiger partial charge in [0, 0.05) is 23.9 Å². The third-order valence-corrected chi connectivity index (χ3v) is 5.63. The average molecular weight is 384 g/mol. The summed E-state index contributed by atoms with van der Waals surface area (Å²) in [4.78, 5) is 17.2. The van der Waals surface area contributed by atoms with Gasteiger partial charge in [0.05, 0.1) is 22.3 Å². The Morgan fingerprint density at radius 2 is 2.00 bits per heavy atom. The van der Waals surface area contributed by atoms with Crippen LogP contribution >= 0.6 is 11.6 Å². The fourth-order valence-corrected chi connectivity index (χ4v) is 4.05. The SMILES string of the molecule is N#CCCCCc1ccc2c(NC(=O)CC3CCCCC3)c(Cl)ccc2n1. The van der Waals surface area contributed by atoms with Crippen LogP contribution in [0, 0.1) is 17.2 Å². The number of unbranched alkanes of at least 4 members (excludes halogenated alkanes) is 2. The van der Waals surface area contributed by atoms with E-state index in [9.17, 15) is 4.79 Å². The zero-order chi connectivity index (χ0) is 19.1. The highest BCUT2D eigenvalue weighted by Crippen LogP contribution is 2.32. The molecular weight excluding hydrogens is 358 g/mol. The molecule has 0 bridgehead atoms. The van der Waals surface area contributed by atoms with E-state index in [2.05, 4.69) is 11.4 Å². The van der Waals surface area contributed by atoms with Crippen molar-refractivity contribution in [3.05, 3.63) is 35.0 Å². The van der Waals surface area contributed by atoms with Crippen LogP contribution in [-0.4, -0.2) is 10.9 Å². The quantitative estimate of drug-likeness (QED) is 0.593. The van der Waals surface area contributed by atoms with Crippen molar-refractivity contribution in [1.29, 1.82) is 5.26 Å². The average Bonchev–Trinajstić information content (AvgIpc) is 2.68. The van der Waals surface area contributed by atoms with Gasteiger partial charge < -0.3 is 5.32 Å². The summed E-state index contributed by atoms with van der Waals surface area (Å²) in [7, 11) is 0. The highest BCUT2D eigenvalue weighted by atomic mass is 35.5. The molecule has 142 valence electrons. The molecule has 0 aliphatic heterocycles. The van der Waals surface area contributed by atoms with Crippen LogP contribution in [0.25, 0.3) is 10.9 Å². The Kier molecular flexibility index (Phi) is 7.06. The fourth-order valence-electron chi connectivity index (χ4n) is 3.84. The number of anilines is 1. The summed E-state index contributed by atoms with van der Waals surface area (Å²) in [6.07, 6.45) is 9.88. The van der Waals surface area contributed by atoms with Crippen LogP contribution in [0.1, 0.15) is 63.5 Å². The number of pyridine rings is 1. The maximum atomic E-state index is 12.5. The lowest BCUT2D eigenvalue weighted by Gasteiger charge is -2.21. The van der Waals surface area contributed by atoms with Gasteiger partial charge in [0.25, 0.3) is 0 Å². The van der Waals surface area contributed by atoms with E-state index in [-0.39, 0.29) is 5.91 Å². The number of hydrogen-bond donors (Lipinski definition) is 1. The second-order valence-corrected chi connectivity index (χ2v) is 7.82. The zero-order valence-electron chi connectivity index (χ0n) is 15.6. The van der Waals surface area contributed by atoms with Crippen LogP contribution in [0.15, 0.2) is 24.3 Å². The first-order valence-electron chi connectivity index (χ1n) is 9.92. The molecule has 27 heavy (non-hydrogen) atoms. The summed E-state index contributed by atoms with van der Waals surface area (Å²) in [5.41, 5.74) is 2.51. The van der Waals surface area contributed by atoms with E-state index in [1.165, 1.54) is 19.3 Å². The number of benzene rings is 1. The lowest BCUT2D eigenvalue weighted by Crippen LogP contribution is -2.18. The van der Waals surface area contributed by atoms with E-state index >= 15 is 0 Å². The molecule has 5 heteroatoms. The molecule has 2 aromatic rings.